The molecule has 78 valence electrons. The number of aliphatic hydroxyl groups is 1. The second kappa shape index (κ2) is 3.66. The molecule has 4 heteroatoms. The van der Waals surface area contributed by atoms with Gasteiger partial charge in [0.2, 0.25) is 0 Å². The van der Waals surface area contributed by atoms with Gasteiger partial charge in [0.25, 0.3) is 0 Å². The summed E-state index contributed by atoms with van der Waals surface area (Å²) in [5, 5.41) is 14.5. The first kappa shape index (κ1) is 10.2. The molecule has 1 fully saturated rings. The molecule has 1 aromatic heterocycles. The van der Waals surface area contributed by atoms with E-state index in [1.807, 2.05) is 4.68 Å². The third-order valence-electron chi connectivity index (χ3n) is 2.85. The van der Waals surface area contributed by atoms with Crippen LogP contribution >= 0.6 is 15.9 Å². The molecule has 0 saturated heterocycles. The molecular weight excluding hydrogens is 244 g/mol. The zero-order valence-corrected chi connectivity index (χ0v) is 9.92. The van der Waals surface area contributed by atoms with E-state index in [4.69, 9.17) is 0 Å². The number of aromatic nitrogens is 2. The summed E-state index contributed by atoms with van der Waals surface area (Å²) >= 11 is 3.45. The van der Waals surface area contributed by atoms with Crippen LogP contribution in [-0.4, -0.2) is 14.9 Å². The Morgan fingerprint density at radius 1 is 1.64 bits per heavy atom. The van der Waals surface area contributed by atoms with E-state index in [1.165, 1.54) is 0 Å². The predicted molar refractivity (Wildman–Crippen MR) is 58.0 cm³/mol. The Balaban J connectivity index is 2.34. The van der Waals surface area contributed by atoms with Crippen molar-refractivity contribution < 1.29 is 5.11 Å². The molecule has 0 aromatic carbocycles. The van der Waals surface area contributed by atoms with Gasteiger partial charge in [-0.15, -0.1) is 0 Å². The number of nitrogens with zero attached hydrogens (tertiary/aromatic N) is 2. The van der Waals surface area contributed by atoms with Gasteiger partial charge in [-0.2, -0.15) is 5.10 Å². The summed E-state index contributed by atoms with van der Waals surface area (Å²) in [6, 6.07) is 0. The van der Waals surface area contributed by atoms with E-state index >= 15 is 0 Å². The van der Waals surface area contributed by atoms with Gasteiger partial charge in [-0.3, -0.25) is 4.68 Å². The molecule has 1 saturated carbocycles. The molecule has 3 nitrogen and oxygen atoms in total. The maximum atomic E-state index is 10.3. The van der Waals surface area contributed by atoms with Gasteiger partial charge in [0.15, 0.2) is 0 Å². The third kappa shape index (κ3) is 1.50. The topological polar surface area (TPSA) is 38.0 Å². The van der Waals surface area contributed by atoms with Crippen molar-refractivity contribution in [2.24, 2.45) is 0 Å². The summed E-state index contributed by atoms with van der Waals surface area (Å²) in [5.74, 6) is 0. The Kier molecular flexibility index (Phi) is 2.66. The van der Waals surface area contributed by atoms with Crippen LogP contribution in [0, 0.1) is 0 Å². The lowest BCUT2D eigenvalue weighted by atomic mass is 9.78. The summed E-state index contributed by atoms with van der Waals surface area (Å²) in [5.41, 5.74) is 0.343. The molecule has 0 unspecified atom stereocenters. The molecule has 1 aromatic rings. The Morgan fingerprint density at radius 2 is 2.36 bits per heavy atom. The van der Waals surface area contributed by atoms with E-state index in [2.05, 4.69) is 28.0 Å². The number of rotatable bonds is 3. The van der Waals surface area contributed by atoms with Crippen LogP contribution in [0.2, 0.25) is 0 Å². The highest BCUT2D eigenvalue weighted by Crippen LogP contribution is 2.43. The molecule has 1 aliphatic rings. The van der Waals surface area contributed by atoms with E-state index in [1.54, 1.807) is 6.20 Å². The average molecular weight is 259 g/mol. The summed E-state index contributed by atoms with van der Waals surface area (Å²) in [7, 11) is 0. The SMILES string of the molecule is CCCn1ncc(Br)c1C1(O)CCC1. The summed E-state index contributed by atoms with van der Waals surface area (Å²) in [6.45, 7) is 2.99. The minimum absolute atomic E-state index is 0.621. The second-order valence-electron chi connectivity index (χ2n) is 3.95. The number of hydrogen-bond donors (Lipinski definition) is 1. The van der Waals surface area contributed by atoms with Crippen molar-refractivity contribution in [2.75, 3.05) is 0 Å². The van der Waals surface area contributed by atoms with Crippen LogP contribution in [0.4, 0.5) is 0 Å². The van der Waals surface area contributed by atoms with Gasteiger partial charge >= 0.3 is 0 Å². The Morgan fingerprint density at radius 3 is 2.86 bits per heavy atom. The number of halogens is 1. The first-order chi connectivity index (χ1) is 6.67. The van der Waals surface area contributed by atoms with Crippen molar-refractivity contribution in [3.05, 3.63) is 16.4 Å². The van der Waals surface area contributed by atoms with Gasteiger partial charge in [0.05, 0.1) is 16.4 Å². The van der Waals surface area contributed by atoms with E-state index < -0.39 is 5.60 Å². The van der Waals surface area contributed by atoms with Crippen molar-refractivity contribution in [2.45, 2.75) is 44.8 Å². The molecule has 1 heterocycles. The molecule has 0 aliphatic heterocycles. The lowest BCUT2D eigenvalue weighted by Crippen LogP contribution is -2.36. The third-order valence-corrected chi connectivity index (χ3v) is 3.43. The maximum Gasteiger partial charge on any atom is 0.107 e. The van der Waals surface area contributed by atoms with Gasteiger partial charge in [-0.25, -0.2) is 0 Å². The smallest absolute Gasteiger partial charge is 0.107 e. The minimum Gasteiger partial charge on any atom is -0.384 e. The van der Waals surface area contributed by atoms with Crippen molar-refractivity contribution >= 4 is 15.9 Å². The fourth-order valence-electron chi connectivity index (χ4n) is 1.95. The van der Waals surface area contributed by atoms with E-state index in [9.17, 15) is 5.11 Å². The highest BCUT2D eigenvalue weighted by molar-refractivity contribution is 9.10. The number of hydrogen-bond acceptors (Lipinski definition) is 2. The van der Waals surface area contributed by atoms with Crippen molar-refractivity contribution in [3.8, 4) is 0 Å². The molecule has 0 spiro atoms. The maximum absolute atomic E-state index is 10.3. The molecule has 0 radical (unpaired) electrons. The molecular formula is C10H15BrN2O. The lowest BCUT2D eigenvalue weighted by Gasteiger charge is -2.37. The fourth-order valence-corrected chi connectivity index (χ4v) is 2.62. The van der Waals surface area contributed by atoms with E-state index in [-0.39, 0.29) is 0 Å². The molecule has 2 rings (SSSR count). The van der Waals surface area contributed by atoms with Crippen molar-refractivity contribution in [1.82, 2.24) is 9.78 Å². The molecule has 0 bridgehead atoms. The highest BCUT2D eigenvalue weighted by atomic mass is 79.9. The van der Waals surface area contributed by atoms with Crippen LogP contribution in [0.15, 0.2) is 10.7 Å². The molecule has 1 aliphatic carbocycles. The first-order valence-corrected chi connectivity index (χ1v) is 5.91. The van der Waals surface area contributed by atoms with Crippen LogP contribution in [0.3, 0.4) is 0 Å². The van der Waals surface area contributed by atoms with E-state index in [0.29, 0.717) is 0 Å². The largest absolute Gasteiger partial charge is 0.384 e. The van der Waals surface area contributed by atoms with Crippen LogP contribution in [0.25, 0.3) is 0 Å². The number of aryl methyl sites for hydroxylation is 1. The standard InChI is InChI=1S/C10H15BrN2O/c1-2-6-13-9(8(11)7-12-13)10(14)4-3-5-10/h7,14H,2-6H2,1H3. The van der Waals surface area contributed by atoms with Gasteiger partial charge in [-0.1, -0.05) is 6.92 Å². The average Bonchev–Trinajstić information content (AvgIpc) is 2.45. The van der Waals surface area contributed by atoms with Gasteiger partial charge in [-0.05, 0) is 41.6 Å². The van der Waals surface area contributed by atoms with Crippen molar-refractivity contribution in [1.29, 1.82) is 0 Å². The molecule has 0 amide bonds. The fraction of sp³-hybridized carbons (Fsp3) is 0.700. The highest BCUT2D eigenvalue weighted by Gasteiger charge is 2.40. The van der Waals surface area contributed by atoms with Gasteiger partial charge in [0, 0.05) is 6.54 Å². The second-order valence-corrected chi connectivity index (χ2v) is 4.80. The molecule has 0 atom stereocenters. The van der Waals surface area contributed by atoms with Crippen LogP contribution in [0.5, 0.6) is 0 Å². The monoisotopic (exact) mass is 258 g/mol. The predicted octanol–water partition coefficient (Wildman–Crippen LogP) is 2.43. The Labute approximate surface area is 92.2 Å². The van der Waals surface area contributed by atoms with E-state index in [0.717, 1.165) is 42.4 Å². The zero-order valence-electron chi connectivity index (χ0n) is 8.33. The minimum atomic E-state index is -0.621. The lowest BCUT2D eigenvalue weighted by molar-refractivity contribution is -0.0470. The summed E-state index contributed by atoms with van der Waals surface area (Å²) in [6.07, 6.45) is 5.65. The molecule has 14 heavy (non-hydrogen) atoms. The first-order valence-electron chi connectivity index (χ1n) is 5.11. The quantitative estimate of drug-likeness (QED) is 0.905. The van der Waals surface area contributed by atoms with Crippen LogP contribution in [0.1, 0.15) is 38.3 Å². The normalized spacial score (nSPS) is 19.4. The van der Waals surface area contributed by atoms with Gasteiger partial charge in [0.1, 0.15) is 5.60 Å². The van der Waals surface area contributed by atoms with Crippen LogP contribution in [-0.2, 0) is 12.1 Å². The summed E-state index contributed by atoms with van der Waals surface area (Å²) < 4.78 is 2.86. The zero-order chi connectivity index (χ0) is 10.2. The molecule has 1 N–H and O–H groups in total. The summed E-state index contributed by atoms with van der Waals surface area (Å²) in [4.78, 5) is 0. The Bertz CT molecular complexity index is 331. The van der Waals surface area contributed by atoms with Crippen LogP contribution < -0.4 is 0 Å². The van der Waals surface area contributed by atoms with Gasteiger partial charge < -0.3 is 5.11 Å². The Hall–Kier alpha value is -0.350. The van der Waals surface area contributed by atoms with Crippen molar-refractivity contribution in [3.63, 3.8) is 0 Å².